The molecule has 0 aromatic heterocycles. The van der Waals surface area contributed by atoms with Crippen molar-refractivity contribution in [2.24, 2.45) is 5.92 Å². The highest BCUT2D eigenvalue weighted by Gasteiger charge is 2.34. The Morgan fingerprint density at radius 2 is 2.03 bits per heavy atom. The normalized spacial score (nSPS) is 20.3. The van der Waals surface area contributed by atoms with E-state index in [0.717, 1.165) is 18.4 Å². The molecular weight excluding hydrogens is 430 g/mol. The summed E-state index contributed by atoms with van der Waals surface area (Å²) in [6.07, 6.45) is 2.50. The van der Waals surface area contributed by atoms with Gasteiger partial charge in [-0.15, -0.1) is 0 Å². The highest BCUT2D eigenvalue weighted by atomic mass is 32.2. The maximum absolute atomic E-state index is 13.0. The Hall–Kier alpha value is -2.91. The summed E-state index contributed by atoms with van der Waals surface area (Å²) in [5.74, 6) is -1.70. The Morgan fingerprint density at radius 1 is 1.22 bits per heavy atom. The van der Waals surface area contributed by atoms with Gasteiger partial charge in [-0.1, -0.05) is 25.1 Å². The van der Waals surface area contributed by atoms with Crippen LogP contribution in [0.5, 0.6) is 0 Å². The van der Waals surface area contributed by atoms with Crippen LogP contribution >= 0.6 is 0 Å². The van der Waals surface area contributed by atoms with Gasteiger partial charge in [-0.05, 0) is 49.1 Å². The third kappa shape index (κ3) is 4.63. The van der Waals surface area contributed by atoms with Crippen LogP contribution in [-0.2, 0) is 26.0 Å². The minimum atomic E-state index is -3.91. The topological polar surface area (TPSA) is 114 Å². The predicted molar refractivity (Wildman–Crippen MR) is 121 cm³/mol. The van der Waals surface area contributed by atoms with Crippen LogP contribution in [0.1, 0.15) is 35.7 Å². The number of benzene rings is 2. The molecule has 3 N–H and O–H groups in total. The number of Topliss-reactive ketones (excluding diaryl/α,β-unsaturated/α-hetero) is 1. The molecule has 1 saturated heterocycles. The largest absolute Gasteiger partial charge is 0.383 e. The summed E-state index contributed by atoms with van der Waals surface area (Å²) < 4.78 is 34.1. The Morgan fingerprint density at radius 3 is 2.78 bits per heavy atom. The molecule has 1 fully saturated rings. The van der Waals surface area contributed by atoms with E-state index in [0.29, 0.717) is 30.9 Å². The van der Waals surface area contributed by atoms with E-state index in [-0.39, 0.29) is 29.0 Å². The van der Waals surface area contributed by atoms with E-state index in [1.807, 2.05) is 19.1 Å². The summed E-state index contributed by atoms with van der Waals surface area (Å²) in [7, 11) is -3.91. The molecule has 0 aliphatic carbocycles. The molecule has 2 atom stereocenters. The first-order valence-corrected chi connectivity index (χ1v) is 12.3. The number of nitrogens with one attached hydrogen (secondary N) is 3. The number of fused-ring (bicyclic) bond motifs is 1. The van der Waals surface area contributed by atoms with Crippen LogP contribution in [0.4, 0.5) is 11.4 Å². The molecule has 0 bridgehead atoms. The SMILES string of the molecule is CCc1ccccc1NS(=O)(=O)c1ccc2c(c1)C(=O)C(C(=O)NCC1CCCO1)CN2. The fourth-order valence-corrected chi connectivity index (χ4v) is 5.15. The molecule has 2 unspecified atom stereocenters. The van der Waals surface area contributed by atoms with Crippen molar-refractivity contribution in [1.82, 2.24) is 5.32 Å². The number of hydrogen-bond donors (Lipinski definition) is 3. The van der Waals surface area contributed by atoms with Crippen LogP contribution in [-0.4, -0.2) is 45.9 Å². The third-order valence-electron chi connectivity index (χ3n) is 5.87. The Kier molecular flexibility index (Phi) is 6.48. The van der Waals surface area contributed by atoms with Crippen LogP contribution in [0.3, 0.4) is 0 Å². The molecule has 0 saturated carbocycles. The lowest BCUT2D eigenvalue weighted by Gasteiger charge is -2.25. The van der Waals surface area contributed by atoms with Gasteiger partial charge in [0.15, 0.2) is 5.78 Å². The maximum Gasteiger partial charge on any atom is 0.261 e. The molecule has 170 valence electrons. The van der Waals surface area contributed by atoms with Crippen LogP contribution in [0.2, 0.25) is 0 Å². The number of carbonyl (C=O) groups is 2. The lowest BCUT2D eigenvalue weighted by Crippen LogP contribution is -2.44. The average molecular weight is 458 g/mol. The van der Waals surface area contributed by atoms with Gasteiger partial charge >= 0.3 is 0 Å². The summed E-state index contributed by atoms with van der Waals surface area (Å²) in [6, 6.07) is 11.5. The smallest absolute Gasteiger partial charge is 0.261 e. The van der Waals surface area contributed by atoms with E-state index in [1.165, 1.54) is 12.1 Å². The van der Waals surface area contributed by atoms with Crippen molar-refractivity contribution in [1.29, 1.82) is 0 Å². The van der Waals surface area contributed by atoms with E-state index < -0.39 is 21.7 Å². The van der Waals surface area contributed by atoms with E-state index in [1.54, 1.807) is 18.2 Å². The number of para-hydroxylation sites is 1. The van der Waals surface area contributed by atoms with Crippen LogP contribution in [0, 0.1) is 5.92 Å². The lowest BCUT2D eigenvalue weighted by atomic mass is 9.91. The standard InChI is InChI=1S/C23H27N3O5S/c1-2-15-6-3-4-8-20(15)26-32(29,30)17-9-10-21-18(12-17)22(27)19(14-24-21)23(28)25-13-16-7-5-11-31-16/h3-4,6,8-10,12,16,19,24,26H,2,5,7,11,13-14H2,1H3,(H,25,28). The second-order valence-corrected chi connectivity index (χ2v) is 9.68. The molecular formula is C23H27N3O5S. The van der Waals surface area contributed by atoms with Gasteiger partial charge in [-0.2, -0.15) is 0 Å². The number of hydrogen-bond acceptors (Lipinski definition) is 6. The first kappa shape index (κ1) is 22.3. The van der Waals surface area contributed by atoms with Gasteiger partial charge in [-0.25, -0.2) is 8.42 Å². The number of ether oxygens (including phenoxy) is 1. The Labute approximate surface area is 187 Å². The molecule has 2 aliphatic rings. The number of ketones is 1. The van der Waals surface area contributed by atoms with Crippen molar-refractivity contribution in [3.05, 3.63) is 53.6 Å². The molecule has 9 heteroatoms. The van der Waals surface area contributed by atoms with Crippen molar-refractivity contribution in [3.8, 4) is 0 Å². The maximum atomic E-state index is 13.0. The third-order valence-corrected chi connectivity index (χ3v) is 7.23. The zero-order valence-electron chi connectivity index (χ0n) is 17.9. The summed E-state index contributed by atoms with van der Waals surface area (Å²) in [5, 5.41) is 5.86. The minimum Gasteiger partial charge on any atom is -0.383 e. The van der Waals surface area contributed by atoms with Gasteiger partial charge in [0, 0.05) is 30.9 Å². The zero-order valence-corrected chi connectivity index (χ0v) is 18.7. The molecule has 32 heavy (non-hydrogen) atoms. The van der Waals surface area contributed by atoms with Gasteiger partial charge in [0.05, 0.1) is 16.7 Å². The number of amides is 1. The highest BCUT2D eigenvalue weighted by Crippen LogP contribution is 2.29. The van der Waals surface area contributed by atoms with Gasteiger partial charge in [-0.3, -0.25) is 14.3 Å². The zero-order chi connectivity index (χ0) is 22.7. The molecule has 2 heterocycles. The number of aryl methyl sites for hydroxylation is 1. The van der Waals surface area contributed by atoms with Crippen molar-refractivity contribution in [2.45, 2.75) is 37.2 Å². The summed E-state index contributed by atoms with van der Waals surface area (Å²) in [6.45, 7) is 3.16. The van der Waals surface area contributed by atoms with Crippen molar-refractivity contribution < 1.29 is 22.7 Å². The van der Waals surface area contributed by atoms with Crippen LogP contribution < -0.4 is 15.4 Å². The quantitative estimate of drug-likeness (QED) is 0.551. The molecule has 2 aromatic carbocycles. The number of anilines is 2. The molecule has 8 nitrogen and oxygen atoms in total. The van der Waals surface area contributed by atoms with Gasteiger partial charge in [0.25, 0.3) is 10.0 Å². The lowest BCUT2D eigenvalue weighted by molar-refractivity contribution is -0.123. The van der Waals surface area contributed by atoms with Crippen LogP contribution in [0.15, 0.2) is 47.4 Å². The van der Waals surface area contributed by atoms with Crippen LogP contribution in [0.25, 0.3) is 0 Å². The van der Waals surface area contributed by atoms with Gasteiger partial charge in [0.2, 0.25) is 5.91 Å². The number of rotatable bonds is 7. The molecule has 2 aliphatic heterocycles. The summed E-state index contributed by atoms with van der Waals surface area (Å²) in [4.78, 5) is 25.6. The second kappa shape index (κ2) is 9.30. The van der Waals surface area contributed by atoms with Crippen molar-refractivity contribution >= 4 is 33.1 Å². The molecule has 1 amide bonds. The van der Waals surface area contributed by atoms with Gasteiger partial charge in [0.1, 0.15) is 5.92 Å². The second-order valence-electron chi connectivity index (χ2n) is 8.00. The van der Waals surface area contributed by atoms with Crippen molar-refractivity contribution in [2.75, 3.05) is 29.7 Å². The summed E-state index contributed by atoms with van der Waals surface area (Å²) in [5.41, 5.74) is 2.09. The number of sulfonamides is 1. The average Bonchev–Trinajstić information content (AvgIpc) is 3.31. The number of carbonyl (C=O) groups excluding carboxylic acids is 2. The Bertz CT molecular complexity index is 1130. The molecule has 4 rings (SSSR count). The van der Waals surface area contributed by atoms with E-state index in [2.05, 4.69) is 15.4 Å². The van der Waals surface area contributed by atoms with E-state index >= 15 is 0 Å². The highest BCUT2D eigenvalue weighted by molar-refractivity contribution is 7.92. The van der Waals surface area contributed by atoms with E-state index in [9.17, 15) is 18.0 Å². The fourth-order valence-electron chi connectivity index (χ4n) is 4.03. The molecule has 0 radical (unpaired) electrons. The first-order chi connectivity index (χ1) is 15.4. The fraction of sp³-hybridized carbons (Fsp3) is 0.391. The first-order valence-electron chi connectivity index (χ1n) is 10.8. The monoisotopic (exact) mass is 457 g/mol. The predicted octanol–water partition coefficient (Wildman–Crippen LogP) is 2.57. The van der Waals surface area contributed by atoms with E-state index in [4.69, 9.17) is 4.74 Å². The summed E-state index contributed by atoms with van der Waals surface area (Å²) >= 11 is 0. The molecule has 0 spiro atoms. The minimum absolute atomic E-state index is 0.0216. The molecule has 2 aromatic rings. The Balaban J connectivity index is 1.52. The van der Waals surface area contributed by atoms with Gasteiger partial charge < -0.3 is 15.4 Å². The van der Waals surface area contributed by atoms with Crippen molar-refractivity contribution in [3.63, 3.8) is 0 Å².